The molecule has 3 nitrogen and oxygen atoms in total. The standard InChI is InChI=1S/C13H16N2O/c1-3-5-10(2)14-13(16)12-6-4-9-15(12)11-7-8-11/h1,4,6,9-11H,5,7-8H2,2H3,(H,14,16). The van der Waals surface area contributed by atoms with Crippen molar-refractivity contribution < 1.29 is 4.79 Å². The second-order valence-electron chi connectivity index (χ2n) is 4.31. The highest BCUT2D eigenvalue weighted by Gasteiger charge is 2.26. The van der Waals surface area contributed by atoms with E-state index < -0.39 is 0 Å². The van der Waals surface area contributed by atoms with Gasteiger partial charge in [0.25, 0.3) is 5.91 Å². The van der Waals surface area contributed by atoms with Gasteiger partial charge < -0.3 is 9.88 Å². The van der Waals surface area contributed by atoms with Gasteiger partial charge in [0, 0.05) is 24.7 Å². The molecule has 1 aromatic heterocycles. The number of amides is 1. The average molecular weight is 216 g/mol. The fourth-order valence-corrected chi connectivity index (χ4v) is 1.78. The Hall–Kier alpha value is -1.69. The Bertz CT molecular complexity index is 423. The molecule has 1 heterocycles. The highest BCUT2D eigenvalue weighted by molar-refractivity contribution is 5.93. The molecule has 0 aromatic carbocycles. The number of aromatic nitrogens is 1. The summed E-state index contributed by atoms with van der Waals surface area (Å²) < 4.78 is 2.05. The first-order valence-electron chi connectivity index (χ1n) is 5.63. The summed E-state index contributed by atoms with van der Waals surface area (Å²) in [7, 11) is 0. The molecular weight excluding hydrogens is 200 g/mol. The van der Waals surface area contributed by atoms with Crippen molar-refractivity contribution in [3.8, 4) is 12.3 Å². The molecule has 1 saturated carbocycles. The summed E-state index contributed by atoms with van der Waals surface area (Å²) in [5, 5.41) is 2.90. The maximum atomic E-state index is 11.9. The summed E-state index contributed by atoms with van der Waals surface area (Å²) in [5.41, 5.74) is 0.742. The van der Waals surface area contributed by atoms with Crippen LogP contribution in [-0.4, -0.2) is 16.5 Å². The number of carbonyl (C=O) groups is 1. The van der Waals surface area contributed by atoms with Gasteiger partial charge >= 0.3 is 0 Å². The number of carbonyl (C=O) groups excluding carboxylic acids is 1. The second kappa shape index (κ2) is 4.44. The van der Waals surface area contributed by atoms with Crippen molar-refractivity contribution in [2.45, 2.75) is 38.3 Å². The first-order valence-corrected chi connectivity index (χ1v) is 5.63. The van der Waals surface area contributed by atoms with Crippen molar-refractivity contribution >= 4 is 5.91 Å². The van der Waals surface area contributed by atoms with Crippen LogP contribution >= 0.6 is 0 Å². The molecular formula is C13H16N2O. The molecule has 0 bridgehead atoms. The van der Waals surface area contributed by atoms with Crippen molar-refractivity contribution in [3.05, 3.63) is 24.0 Å². The molecule has 16 heavy (non-hydrogen) atoms. The van der Waals surface area contributed by atoms with E-state index in [0.29, 0.717) is 12.5 Å². The van der Waals surface area contributed by atoms with Crippen LogP contribution in [0.15, 0.2) is 18.3 Å². The fourth-order valence-electron chi connectivity index (χ4n) is 1.78. The average Bonchev–Trinajstić information content (AvgIpc) is 2.96. The summed E-state index contributed by atoms with van der Waals surface area (Å²) in [4.78, 5) is 11.9. The molecule has 0 saturated heterocycles. The van der Waals surface area contributed by atoms with Gasteiger partial charge in [-0.2, -0.15) is 0 Å². The molecule has 2 rings (SSSR count). The molecule has 3 heteroatoms. The van der Waals surface area contributed by atoms with E-state index in [0.717, 1.165) is 5.69 Å². The SMILES string of the molecule is C#CCC(C)NC(=O)c1cccn1C1CC1. The van der Waals surface area contributed by atoms with Crippen molar-refractivity contribution in [2.24, 2.45) is 0 Å². The van der Waals surface area contributed by atoms with Crippen molar-refractivity contribution in [3.63, 3.8) is 0 Å². The topological polar surface area (TPSA) is 34.0 Å². The predicted octanol–water partition coefficient (Wildman–Crippen LogP) is 1.96. The van der Waals surface area contributed by atoms with Crippen molar-refractivity contribution in [1.29, 1.82) is 0 Å². The van der Waals surface area contributed by atoms with Crippen LogP contribution in [0.5, 0.6) is 0 Å². The highest BCUT2D eigenvalue weighted by atomic mass is 16.2. The third-order valence-corrected chi connectivity index (χ3v) is 2.75. The summed E-state index contributed by atoms with van der Waals surface area (Å²) in [6.07, 6.45) is 10.1. The smallest absolute Gasteiger partial charge is 0.268 e. The quantitative estimate of drug-likeness (QED) is 0.767. The molecule has 1 aliphatic rings. The first-order chi connectivity index (χ1) is 7.72. The van der Waals surface area contributed by atoms with E-state index in [2.05, 4.69) is 15.8 Å². The van der Waals surface area contributed by atoms with Gasteiger partial charge in [0.05, 0.1) is 0 Å². The molecule has 1 fully saturated rings. The number of terminal acetylenes is 1. The minimum Gasteiger partial charge on any atom is -0.347 e. The predicted molar refractivity (Wildman–Crippen MR) is 63.1 cm³/mol. The lowest BCUT2D eigenvalue weighted by atomic mass is 10.2. The zero-order chi connectivity index (χ0) is 11.5. The van der Waals surface area contributed by atoms with Gasteiger partial charge in [-0.1, -0.05) is 0 Å². The molecule has 1 N–H and O–H groups in total. The van der Waals surface area contributed by atoms with Crippen LogP contribution in [0.1, 0.15) is 42.7 Å². The number of hydrogen-bond acceptors (Lipinski definition) is 1. The van der Waals surface area contributed by atoms with Crippen LogP contribution in [0.4, 0.5) is 0 Å². The Morgan fingerprint density at radius 3 is 3.12 bits per heavy atom. The minimum atomic E-state index is -0.0281. The van der Waals surface area contributed by atoms with Gasteiger partial charge in [0.1, 0.15) is 5.69 Å². The molecule has 0 spiro atoms. The largest absolute Gasteiger partial charge is 0.347 e. The monoisotopic (exact) mass is 216 g/mol. The van der Waals surface area contributed by atoms with Gasteiger partial charge in [-0.3, -0.25) is 4.79 Å². The molecule has 0 aliphatic heterocycles. The number of rotatable bonds is 4. The van der Waals surface area contributed by atoms with Crippen LogP contribution in [-0.2, 0) is 0 Å². The molecule has 1 aliphatic carbocycles. The van der Waals surface area contributed by atoms with Crippen LogP contribution in [0, 0.1) is 12.3 Å². The normalized spacial score (nSPS) is 16.5. The van der Waals surface area contributed by atoms with E-state index in [-0.39, 0.29) is 11.9 Å². The van der Waals surface area contributed by atoms with Crippen molar-refractivity contribution in [2.75, 3.05) is 0 Å². The van der Waals surface area contributed by atoms with Gasteiger partial charge in [-0.05, 0) is 31.9 Å². The van der Waals surface area contributed by atoms with Gasteiger partial charge in [0.2, 0.25) is 0 Å². The van der Waals surface area contributed by atoms with Crippen LogP contribution in [0.25, 0.3) is 0 Å². The van der Waals surface area contributed by atoms with Crippen LogP contribution in [0.2, 0.25) is 0 Å². The molecule has 1 atom stereocenters. The maximum Gasteiger partial charge on any atom is 0.268 e. The lowest BCUT2D eigenvalue weighted by molar-refractivity contribution is 0.0931. The number of nitrogens with zero attached hydrogens (tertiary/aromatic N) is 1. The molecule has 1 aromatic rings. The Labute approximate surface area is 95.8 Å². The maximum absolute atomic E-state index is 11.9. The molecule has 1 amide bonds. The van der Waals surface area contributed by atoms with Crippen molar-refractivity contribution in [1.82, 2.24) is 9.88 Å². The number of nitrogens with one attached hydrogen (secondary N) is 1. The van der Waals surface area contributed by atoms with E-state index in [4.69, 9.17) is 6.42 Å². The Morgan fingerprint density at radius 1 is 1.75 bits per heavy atom. The lowest BCUT2D eigenvalue weighted by Gasteiger charge is -2.12. The van der Waals surface area contributed by atoms with E-state index in [1.54, 1.807) is 0 Å². The second-order valence-corrected chi connectivity index (χ2v) is 4.31. The van der Waals surface area contributed by atoms with Crippen LogP contribution < -0.4 is 5.32 Å². The Balaban J connectivity index is 2.03. The Kier molecular flexibility index (Phi) is 3.00. The van der Waals surface area contributed by atoms with E-state index >= 15 is 0 Å². The summed E-state index contributed by atoms with van der Waals surface area (Å²) in [6.45, 7) is 1.92. The molecule has 0 radical (unpaired) electrons. The van der Waals surface area contributed by atoms with E-state index in [1.165, 1.54) is 12.8 Å². The zero-order valence-electron chi connectivity index (χ0n) is 9.44. The summed E-state index contributed by atoms with van der Waals surface area (Å²) >= 11 is 0. The van der Waals surface area contributed by atoms with E-state index in [9.17, 15) is 4.79 Å². The third-order valence-electron chi connectivity index (χ3n) is 2.75. The summed E-state index contributed by atoms with van der Waals surface area (Å²) in [6, 6.07) is 4.33. The number of hydrogen-bond donors (Lipinski definition) is 1. The fraction of sp³-hybridized carbons (Fsp3) is 0.462. The molecule has 84 valence electrons. The van der Waals surface area contributed by atoms with Gasteiger partial charge in [0.15, 0.2) is 0 Å². The van der Waals surface area contributed by atoms with E-state index in [1.807, 2.05) is 25.3 Å². The minimum absolute atomic E-state index is 0.0278. The van der Waals surface area contributed by atoms with Gasteiger partial charge in [-0.25, -0.2) is 0 Å². The molecule has 1 unspecified atom stereocenters. The van der Waals surface area contributed by atoms with Gasteiger partial charge in [-0.15, -0.1) is 12.3 Å². The summed E-state index contributed by atoms with van der Waals surface area (Å²) in [5.74, 6) is 2.52. The lowest BCUT2D eigenvalue weighted by Crippen LogP contribution is -2.33. The first kappa shape index (κ1) is 10.8. The third kappa shape index (κ3) is 2.27. The van der Waals surface area contributed by atoms with Crippen LogP contribution in [0.3, 0.4) is 0 Å². The zero-order valence-corrected chi connectivity index (χ0v) is 9.44. The highest BCUT2D eigenvalue weighted by Crippen LogP contribution is 2.35. The Morgan fingerprint density at radius 2 is 2.50 bits per heavy atom.